The third-order valence-corrected chi connectivity index (χ3v) is 5.74. The van der Waals surface area contributed by atoms with Crippen molar-refractivity contribution in [3.05, 3.63) is 36.7 Å². The molecule has 2 amide bonds. The van der Waals surface area contributed by atoms with Crippen molar-refractivity contribution in [1.82, 2.24) is 25.0 Å². The molecule has 0 aliphatic carbocycles. The second-order valence-electron chi connectivity index (χ2n) is 7.63. The van der Waals surface area contributed by atoms with E-state index in [1.807, 2.05) is 29.2 Å². The summed E-state index contributed by atoms with van der Waals surface area (Å²) < 4.78 is 0. The van der Waals surface area contributed by atoms with Crippen LogP contribution >= 0.6 is 0 Å². The molecule has 4 rings (SSSR count). The normalized spacial score (nSPS) is 19.9. The van der Waals surface area contributed by atoms with Gasteiger partial charge in [-0.2, -0.15) is 0 Å². The van der Waals surface area contributed by atoms with Crippen LogP contribution in [-0.4, -0.2) is 76.1 Å². The van der Waals surface area contributed by atoms with Crippen LogP contribution in [0, 0.1) is 5.92 Å². The fraction of sp³-hybridized carbons (Fsp3) is 0.476. The number of aromatic nitrogens is 3. The highest BCUT2D eigenvalue weighted by Crippen LogP contribution is 2.24. The zero-order valence-electron chi connectivity index (χ0n) is 16.7. The van der Waals surface area contributed by atoms with Crippen LogP contribution in [-0.2, 0) is 9.59 Å². The summed E-state index contributed by atoms with van der Waals surface area (Å²) in [5.74, 6) is 1.04. The second kappa shape index (κ2) is 8.55. The Morgan fingerprint density at radius 2 is 1.79 bits per heavy atom. The first kappa shape index (κ1) is 19.3. The molecule has 2 aliphatic heterocycles. The van der Waals surface area contributed by atoms with E-state index in [0.717, 1.165) is 36.5 Å². The lowest BCUT2D eigenvalue weighted by molar-refractivity contribution is -0.141. The molecule has 2 saturated heterocycles. The maximum Gasteiger partial charge on any atom is 0.227 e. The van der Waals surface area contributed by atoms with Crippen molar-refractivity contribution in [3.63, 3.8) is 0 Å². The number of hydrogen-bond acceptors (Lipinski definition) is 6. The van der Waals surface area contributed by atoms with Crippen LogP contribution in [0.25, 0.3) is 11.3 Å². The maximum atomic E-state index is 13.0. The number of hydrogen-bond donors (Lipinski definition) is 0. The molecule has 8 nitrogen and oxygen atoms in total. The first-order chi connectivity index (χ1) is 14.1. The average Bonchev–Trinajstić information content (AvgIpc) is 2.79. The van der Waals surface area contributed by atoms with Crippen molar-refractivity contribution in [3.8, 4) is 11.3 Å². The fourth-order valence-electron chi connectivity index (χ4n) is 4.05. The molecule has 152 valence electrons. The van der Waals surface area contributed by atoms with Gasteiger partial charge in [-0.1, -0.05) is 0 Å². The van der Waals surface area contributed by atoms with E-state index in [1.54, 1.807) is 24.2 Å². The summed E-state index contributed by atoms with van der Waals surface area (Å²) in [6.07, 6.45) is 5.35. The Morgan fingerprint density at radius 1 is 1.00 bits per heavy atom. The molecule has 2 aromatic rings. The zero-order valence-corrected chi connectivity index (χ0v) is 16.7. The molecule has 8 heteroatoms. The Kier molecular flexibility index (Phi) is 5.69. The van der Waals surface area contributed by atoms with E-state index in [9.17, 15) is 9.59 Å². The van der Waals surface area contributed by atoms with Crippen LogP contribution in [0.5, 0.6) is 0 Å². The van der Waals surface area contributed by atoms with Gasteiger partial charge in [0.15, 0.2) is 5.82 Å². The van der Waals surface area contributed by atoms with Crippen LogP contribution in [0.2, 0.25) is 0 Å². The predicted molar refractivity (Wildman–Crippen MR) is 109 cm³/mol. The first-order valence-electron chi connectivity index (χ1n) is 10.1. The fourth-order valence-corrected chi connectivity index (χ4v) is 4.05. The van der Waals surface area contributed by atoms with Gasteiger partial charge in [-0.25, -0.2) is 0 Å². The Balaban J connectivity index is 1.38. The van der Waals surface area contributed by atoms with Gasteiger partial charge in [-0.3, -0.25) is 14.6 Å². The molecule has 0 N–H and O–H groups in total. The van der Waals surface area contributed by atoms with Crippen LogP contribution in [0.4, 0.5) is 5.82 Å². The van der Waals surface area contributed by atoms with Gasteiger partial charge in [0.05, 0.1) is 11.6 Å². The number of carbonyl (C=O) groups is 2. The third kappa shape index (κ3) is 4.36. The van der Waals surface area contributed by atoms with Gasteiger partial charge in [0, 0.05) is 64.1 Å². The Labute approximate surface area is 170 Å². The second-order valence-corrected chi connectivity index (χ2v) is 7.63. The quantitative estimate of drug-likeness (QED) is 0.784. The van der Waals surface area contributed by atoms with E-state index in [2.05, 4.69) is 20.1 Å². The molecule has 0 saturated carbocycles. The molecule has 1 atom stereocenters. The number of nitrogens with zero attached hydrogens (tertiary/aromatic N) is 6. The lowest BCUT2D eigenvalue weighted by Gasteiger charge is -2.39. The minimum atomic E-state index is -0.0348. The van der Waals surface area contributed by atoms with Crippen molar-refractivity contribution in [2.45, 2.75) is 19.8 Å². The topological polar surface area (TPSA) is 82.5 Å². The Hall–Kier alpha value is -3.03. The van der Waals surface area contributed by atoms with Crippen LogP contribution < -0.4 is 4.90 Å². The lowest BCUT2D eigenvalue weighted by Crippen LogP contribution is -2.53. The number of amides is 2. The van der Waals surface area contributed by atoms with E-state index in [1.165, 1.54) is 0 Å². The molecular formula is C21H26N6O2. The van der Waals surface area contributed by atoms with Gasteiger partial charge in [0.2, 0.25) is 11.8 Å². The van der Waals surface area contributed by atoms with Gasteiger partial charge in [0.25, 0.3) is 0 Å². The Morgan fingerprint density at radius 3 is 2.45 bits per heavy atom. The molecule has 29 heavy (non-hydrogen) atoms. The molecule has 2 aromatic heterocycles. The summed E-state index contributed by atoms with van der Waals surface area (Å²) in [5, 5.41) is 8.74. The van der Waals surface area contributed by atoms with E-state index >= 15 is 0 Å². The highest BCUT2D eigenvalue weighted by Gasteiger charge is 2.32. The average molecular weight is 394 g/mol. The highest BCUT2D eigenvalue weighted by atomic mass is 16.2. The Bertz CT molecular complexity index is 849. The highest BCUT2D eigenvalue weighted by molar-refractivity contribution is 5.80. The summed E-state index contributed by atoms with van der Waals surface area (Å²) in [6, 6.07) is 7.75. The molecule has 0 spiro atoms. The van der Waals surface area contributed by atoms with Gasteiger partial charge in [-0.05, 0) is 37.1 Å². The first-order valence-corrected chi connectivity index (χ1v) is 10.1. The predicted octanol–water partition coefficient (Wildman–Crippen LogP) is 1.45. The van der Waals surface area contributed by atoms with E-state index < -0.39 is 0 Å². The number of pyridine rings is 1. The molecule has 2 aliphatic rings. The minimum absolute atomic E-state index is 0.0348. The van der Waals surface area contributed by atoms with Gasteiger partial charge in [-0.15, -0.1) is 10.2 Å². The molecule has 0 radical (unpaired) electrons. The van der Waals surface area contributed by atoms with E-state index in [-0.39, 0.29) is 17.7 Å². The van der Waals surface area contributed by atoms with Gasteiger partial charge in [0.1, 0.15) is 0 Å². The summed E-state index contributed by atoms with van der Waals surface area (Å²) in [4.78, 5) is 34.5. The number of carbonyl (C=O) groups excluding carboxylic acids is 2. The van der Waals surface area contributed by atoms with Crippen LogP contribution in [0.3, 0.4) is 0 Å². The lowest BCUT2D eigenvalue weighted by atomic mass is 9.96. The van der Waals surface area contributed by atoms with Crippen molar-refractivity contribution in [2.24, 2.45) is 5.92 Å². The number of rotatable bonds is 3. The van der Waals surface area contributed by atoms with Crippen molar-refractivity contribution in [2.75, 3.05) is 44.2 Å². The van der Waals surface area contributed by atoms with E-state index in [0.29, 0.717) is 32.7 Å². The molecule has 0 aromatic carbocycles. The summed E-state index contributed by atoms with van der Waals surface area (Å²) in [6.45, 7) is 5.60. The number of piperidine rings is 1. The molecule has 1 unspecified atom stereocenters. The SMILES string of the molecule is CC(=O)N1CCN(C(=O)C2CCCN(c3ccc(-c4cccnc4)nn3)C2)CC1. The van der Waals surface area contributed by atoms with Crippen LogP contribution in [0.15, 0.2) is 36.7 Å². The summed E-state index contributed by atoms with van der Waals surface area (Å²) >= 11 is 0. The molecule has 4 heterocycles. The standard InChI is InChI=1S/C21H26N6O2/c1-16(28)25-10-12-26(13-11-25)21(29)18-5-3-9-27(15-18)20-7-6-19(23-24-20)17-4-2-8-22-14-17/h2,4,6-8,14,18H,3,5,9-13,15H2,1H3. The van der Waals surface area contributed by atoms with Gasteiger partial charge < -0.3 is 14.7 Å². The summed E-state index contributed by atoms with van der Waals surface area (Å²) in [7, 11) is 0. The number of piperazine rings is 1. The largest absolute Gasteiger partial charge is 0.354 e. The van der Waals surface area contributed by atoms with E-state index in [4.69, 9.17) is 0 Å². The smallest absolute Gasteiger partial charge is 0.227 e. The monoisotopic (exact) mass is 394 g/mol. The zero-order chi connectivity index (χ0) is 20.2. The number of anilines is 1. The molecular weight excluding hydrogens is 368 g/mol. The maximum absolute atomic E-state index is 13.0. The van der Waals surface area contributed by atoms with Crippen molar-refractivity contribution >= 4 is 17.6 Å². The molecule has 2 fully saturated rings. The van der Waals surface area contributed by atoms with Crippen molar-refractivity contribution in [1.29, 1.82) is 0 Å². The third-order valence-electron chi connectivity index (χ3n) is 5.74. The summed E-state index contributed by atoms with van der Waals surface area (Å²) in [5.41, 5.74) is 1.72. The molecule has 0 bridgehead atoms. The minimum Gasteiger partial charge on any atom is -0.354 e. The van der Waals surface area contributed by atoms with Crippen molar-refractivity contribution < 1.29 is 9.59 Å². The van der Waals surface area contributed by atoms with Gasteiger partial charge >= 0.3 is 0 Å². The van der Waals surface area contributed by atoms with Crippen LogP contribution in [0.1, 0.15) is 19.8 Å².